The molecule has 0 aliphatic carbocycles. The molecular formula is C13H19NO4S2. The highest BCUT2D eigenvalue weighted by atomic mass is 32.2. The van der Waals surface area contributed by atoms with Crippen molar-refractivity contribution >= 4 is 27.3 Å². The van der Waals surface area contributed by atoms with E-state index in [4.69, 9.17) is 4.74 Å². The van der Waals surface area contributed by atoms with Crippen LogP contribution in [0.3, 0.4) is 0 Å². The van der Waals surface area contributed by atoms with Crippen LogP contribution in [0.2, 0.25) is 0 Å². The molecule has 20 heavy (non-hydrogen) atoms. The van der Waals surface area contributed by atoms with Crippen LogP contribution < -0.4 is 0 Å². The highest BCUT2D eigenvalue weighted by molar-refractivity contribution is 7.89. The molecule has 1 aromatic rings. The lowest BCUT2D eigenvalue weighted by atomic mass is 10.2. The lowest BCUT2D eigenvalue weighted by molar-refractivity contribution is -0.146. The van der Waals surface area contributed by atoms with Gasteiger partial charge in [-0.05, 0) is 39.7 Å². The van der Waals surface area contributed by atoms with Gasteiger partial charge in [-0.3, -0.25) is 4.79 Å². The molecular weight excluding hydrogens is 298 g/mol. The third kappa shape index (κ3) is 2.75. The number of hydrogen-bond donors (Lipinski definition) is 0. The minimum Gasteiger partial charge on any atom is -0.465 e. The minimum atomic E-state index is -3.62. The van der Waals surface area contributed by atoms with Crippen LogP contribution in [0.5, 0.6) is 0 Å². The predicted molar refractivity (Wildman–Crippen MR) is 77.3 cm³/mol. The lowest BCUT2D eigenvalue weighted by Crippen LogP contribution is -2.41. The summed E-state index contributed by atoms with van der Waals surface area (Å²) in [6, 6.07) is 0.995. The summed E-state index contributed by atoms with van der Waals surface area (Å²) in [7, 11) is -3.62. The molecule has 1 saturated heterocycles. The number of nitrogens with zero attached hydrogens (tertiary/aromatic N) is 1. The van der Waals surface area contributed by atoms with E-state index in [1.807, 2.05) is 6.92 Å². The molecule has 2 rings (SSSR count). The Morgan fingerprint density at radius 1 is 1.50 bits per heavy atom. The van der Waals surface area contributed by atoms with E-state index in [2.05, 4.69) is 0 Å². The van der Waals surface area contributed by atoms with E-state index in [1.165, 1.54) is 15.6 Å². The predicted octanol–water partition coefficient (Wildman–Crippen LogP) is 2.08. The standard InChI is InChI=1S/C13H19NO4S2/c1-4-18-13(15)11-6-5-7-14(11)20(16,17)12-8-9(2)19-10(12)3/h8,11H,4-7H2,1-3H3. The number of aryl methyl sites for hydroxylation is 2. The van der Waals surface area contributed by atoms with E-state index < -0.39 is 22.0 Å². The molecule has 0 bridgehead atoms. The number of rotatable bonds is 4. The monoisotopic (exact) mass is 317 g/mol. The van der Waals surface area contributed by atoms with Crippen molar-refractivity contribution in [2.45, 2.75) is 44.6 Å². The molecule has 0 amide bonds. The summed E-state index contributed by atoms with van der Waals surface area (Å²) in [5, 5.41) is 0. The highest BCUT2D eigenvalue weighted by Crippen LogP contribution is 2.32. The van der Waals surface area contributed by atoms with Gasteiger partial charge in [0, 0.05) is 16.3 Å². The molecule has 1 fully saturated rings. The normalized spacial score (nSPS) is 20.2. The number of hydrogen-bond acceptors (Lipinski definition) is 5. The Morgan fingerprint density at radius 2 is 2.20 bits per heavy atom. The van der Waals surface area contributed by atoms with Gasteiger partial charge in [0.2, 0.25) is 10.0 Å². The van der Waals surface area contributed by atoms with Crippen LogP contribution in [0.1, 0.15) is 29.5 Å². The zero-order chi connectivity index (χ0) is 14.9. The molecule has 1 aromatic heterocycles. The quantitative estimate of drug-likeness (QED) is 0.798. The second-order valence-corrected chi connectivity index (χ2v) is 8.12. The molecule has 5 nitrogen and oxygen atoms in total. The molecule has 1 unspecified atom stereocenters. The van der Waals surface area contributed by atoms with Gasteiger partial charge in [-0.15, -0.1) is 11.3 Å². The zero-order valence-corrected chi connectivity index (χ0v) is 13.5. The molecule has 7 heteroatoms. The first-order valence-electron chi connectivity index (χ1n) is 6.63. The number of carbonyl (C=O) groups excluding carboxylic acids is 1. The number of thiophene rings is 1. The highest BCUT2D eigenvalue weighted by Gasteiger charge is 2.41. The smallest absolute Gasteiger partial charge is 0.324 e. The van der Waals surface area contributed by atoms with Gasteiger partial charge in [0.15, 0.2) is 0 Å². The molecule has 1 aliphatic rings. The van der Waals surface area contributed by atoms with Crippen LogP contribution in [0, 0.1) is 13.8 Å². The summed E-state index contributed by atoms with van der Waals surface area (Å²) in [6.07, 6.45) is 1.21. The fourth-order valence-electron chi connectivity index (χ4n) is 2.49. The van der Waals surface area contributed by atoms with Gasteiger partial charge in [-0.1, -0.05) is 0 Å². The van der Waals surface area contributed by atoms with Gasteiger partial charge in [-0.2, -0.15) is 4.31 Å². The second kappa shape index (κ2) is 5.83. The van der Waals surface area contributed by atoms with Crippen molar-refractivity contribution < 1.29 is 17.9 Å². The first-order chi connectivity index (χ1) is 9.37. The van der Waals surface area contributed by atoms with Gasteiger partial charge in [0.05, 0.1) is 11.5 Å². The van der Waals surface area contributed by atoms with Gasteiger partial charge in [0.1, 0.15) is 6.04 Å². The third-order valence-electron chi connectivity index (χ3n) is 3.34. The Labute approximate surface area is 123 Å². The van der Waals surface area contributed by atoms with Crippen LogP contribution in [0.25, 0.3) is 0 Å². The van der Waals surface area contributed by atoms with Crippen LogP contribution in [0.4, 0.5) is 0 Å². The first kappa shape index (κ1) is 15.5. The van der Waals surface area contributed by atoms with E-state index in [1.54, 1.807) is 19.9 Å². The summed E-state index contributed by atoms with van der Waals surface area (Å²) in [5.74, 6) is -0.446. The lowest BCUT2D eigenvalue weighted by Gasteiger charge is -2.22. The number of esters is 1. The summed E-state index contributed by atoms with van der Waals surface area (Å²) >= 11 is 1.45. The average Bonchev–Trinajstić information content (AvgIpc) is 2.96. The van der Waals surface area contributed by atoms with Crippen LogP contribution in [-0.4, -0.2) is 37.9 Å². The number of sulfonamides is 1. The molecule has 2 heterocycles. The summed E-state index contributed by atoms with van der Waals surface area (Å²) in [5.41, 5.74) is 0. The zero-order valence-electron chi connectivity index (χ0n) is 11.9. The Morgan fingerprint density at radius 3 is 2.75 bits per heavy atom. The fourth-order valence-corrected chi connectivity index (χ4v) is 5.66. The maximum Gasteiger partial charge on any atom is 0.324 e. The summed E-state index contributed by atoms with van der Waals surface area (Å²) in [6.45, 7) is 6.03. The Balaban J connectivity index is 2.33. The van der Waals surface area contributed by atoms with Crippen molar-refractivity contribution in [3.8, 4) is 0 Å². The summed E-state index contributed by atoms with van der Waals surface area (Å²) < 4.78 is 31.7. The Bertz CT molecular complexity index is 606. The van der Waals surface area contributed by atoms with Crippen molar-refractivity contribution in [2.24, 2.45) is 0 Å². The second-order valence-electron chi connectivity index (χ2n) is 4.80. The molecule has 0 spiro atoms. The van der Waals surface area contributed by atoms with Crippen molar-refractivity contribution in [2.75, 3.05) is 13.2 Å². The third-order valence-corrected chi connectivity index (χ3v) is 6.47. The van der Waals surface area contributed by atoms with Crippen LogP contribution in [0.15, 0.2) is 11.0 Å². The maximum atomic E-state index is 12.7. The Hall–Kier alpha value is -0.920. The SMILES string of the molecule is CCOC(=O)C1CCCN1S(=O)(=O)c1cc(C)sc1C. The number of carbonyl (C=O) groups is 1. The van der Waals surface area contributed by atoms with Crippen LogP contribution >= 0.6 is 11.3 Å². The van der Waals surface area contributed by atoms with E-state index in [9.17, 15) is 13.2 Å². The molecule has 1 aliphatic heterocycles. The largest absolute Gasteiger partial charge is 0.465 e. The van der Waals surface area contributed by atoms with Crippen LogP contribution in [-0.2, 0) is 19.6 Å². The average molecular weight is 317 g/mol. The molecule has 0 N–H and O–H groups in total. The van der Waals surface area contributed by atoms with Gasteiger partial charge in [-0.25, -0.2) is 8.42 Å². The van der Waals surface area contributed by atoms with E-state index in [0.717, 1.165) is 9.75 Å². The van der Waals surface area contributed by atoms with Crippen molar-refractivity contribution in [3.05, 3.63) is 15.8 Å². The van der Waals surface area contributed by atoms with Crippen molar-refractivity contribution in [3.63, 3.8) is 0 Å². The van der Waals surface area contributed by atoms with Crippen molar-refractivity contribution in [1.82, 2.24) is 4.31 Å². The van der Waals surface area contributed by atoms with Gasteiger partial charge < -0.3 is 4.74 Å². The van der Waals surface area contributed by atoms with Gasteiger partial charge in [0.25, 0.3) is 0 Å². The van der Waals surface area contributed by atoms with E-state index >= 15 is 0 Å². The number of ether oxygens (including phenoxy) is 1. The molecule has 0 saturated carbocycles. The minimum absolute atomic E-state index is 0.264. The molecule has 112 valence electrons. The topological polar surface area (TPSA) is 63.7 Å². The summed E-state index contributed by atoms with van der Waals surface area (Å²) in [4.78, 5) is 13.9. The van der Waals surface area contributed by atoms with Crippen molar-refractivity contribution in [1.29, 1.82) is 0 Å². The Kier molecular flexibility index (Phi) is 4.51. The molecule has 1 atom stereocenters. The maximum absolute atomic E-state index is 12.7. The van der Waals surface area contributed by atoms with Gasteiger partial charge >= 0.3 is 5.97 Å². The van der Waals surface area contributed by atoms with E-state index in [-0.39, 0.29) is 6.61 Å². The van der Waals surface area contributed by atoms with E-state index in [0.29, 0.717) is 24.3 Å². The molecule has 0 radical (unpaired) electrons. The first-order valence-corrected chi connectivity index (χ1v) is 8.89. The fraction of sp³-hybridized carbons (Fsp3) is 0.615. The molecule has 0 aromatic carbocycles.